The number of hydrogen-bond acceptors (Lipinski definition) is 2. The summed E-state index contributed by atoms with van der Waals surface area (Å²) >= 11 is 1.99. The molecular weight excluding hydrogens is 279 g/mol. The van der Waals surface area contributed by atoms with Gasteiger partial charge < -0.3 is 4.74 Å². The fourth-order valence-corrected chi connectivity index (χ4v) is 1.20. The molecule has 1 rings (SSSR count). The summed E-state index contributed by atoms with van der Waals surface area (Å²) in [7, 11) is 0. The van der Waals surface area contributed by atoms with Crippen molar-refractivity contribution in [1.82, 2.24) is 0 Å². The van der Waals surface area contributed by atoms with E-state index < -0.39 is 0 Å². The molecule has 2 nitrogen and oxygen atoms in total. The Bertz CT molecular complexity index is 272. The van der Waals surface area contributed by atoms with Crippen molar-refractivity contribution in [1.29, 1.82) is 0 Å². The minimum atomic E-state index is -0.169. The number of benzene rings is 1. The van der Waals surface area contributed by atoms with Crippen LogP contribution in [0.15, 0.2) is 30.3 Å². The number of rotatable bonds is 3. The van der Waals surface area contributed by atoms with E-state index in [1.807, 2.05) is 59.8 Å². The van der Waals surface area contributed by atoms with Crippen molar-refractivity contribution >= 4 is 28.6 Å². The topological polar surface area (TPSA) is 26.3 Å². The molecule has 1 aromatic rings. The number of halogens is 1. The Morgan fingerprint density at radius 2 is 2.08 bits per heavy atom. The van der Waals surface area contributed by atoms with Gasteiger partial charge in [0.25, 0.3) is 0 Å². The van der Waals surface area contributed by atoms with Gasteiger partial charge in [0.2, 0.25) is 0 Å². The summed E-state index contributed by atoms with van der Waals surface area (Å²) in [6.45, 7) is 1.87. The van der Waals surface area contributed by atoms with E-state index in [9.17, 15) is 4.79 Å². The minimum Gasteiger partial charge on any atom is -0.457 e. The highest BCUT2D eigenvalue weighted by Crippen LogP contribution is 2.16. The van der Waals surface area contributed by atoms with Gasteiger partial charge in [0.15, 0.2) is 0 Å². The highest BCUT2D eigenvalue weighted by atomic mass is 127. The summed E-state index contributed by atoms with van der Waals surface area (Å²) in [6.07, 6.45) is -0.150. The van der Waals surface area contributed by atoms with Crippen molar-refractivity contribution in [3.63, 3.8) is 0 Å². The van der Waals surface area contributed by atoms with Crippen molar-refractivity contribution < 1.29 is 9.53 Å². The number of ether oxygens (including phenoxy) is 1. The highest BCUT2D eigenvalue weighted by Gasteiger charge is 2.09. The third-order valence-corrected chi connectivity index (χ3v) is 2.31. The van der Waals surface area contributed by atoms with E-state index in [1.54, 1.807) is 0 Å². The van der Waals surface area contributed by atoms with Crippen molar-refractivity contribution in [2.24, 2.45) is 0 Å². The van der Waals surface area contributed by atoms with Gasteiger partial charge in [-0.2, -0.15) is 0 Å². The molecule has 0 amide bonds. The predicted octanol–water partition coefficient (Wildman–Crippen LogP) is 2.73. The molecule has 0 bridgehead atoms. The summed E-state index contributed by atoms with van der Waals surface area (Å²) < 4.78 is 5.54. The van der Waals surface area contributed by atoms with Crippen LogP contribution in [0.1, 0.15) is 18.6 Å². The lowest BCUT2D eigenvalue weighted by molar-refractivity contribution is -0.144. The Kier molecular flexibility index (Phi) is 4.21. The normalized spacial score (nSPS) is 12.2. The van der Waals surface area contributed by atoms with Crippen LogP contribution >= 0.6 is 22.6 Å². The fraction of sp³-hybridized carbons (Fsp3) is 0.300. The van der Waals surface area contributed by atoms with Gasteiger partial charge in [0.1, 0.15) is 6.10 Å². The molecule has 0 saturated carbocycles. The maximum Gasteiger partial charge on any atom is 0.316 e. The second kappa shape index (κ2) is 5.21. The number of alkyl halides is 1. The maximum atomic E-state index is 11.0. The SMILES string of the molecule is C[C@@H](OC(=O)CI)c1ccccc1. The van der Waals surface area contributed by atoms with Gasteiger partial charge in [-0.15, -0.1) is 0 Å². The molecule has 1 aromatic carbocycles. The third kappa shape index (κ3) is 3.34. The minimum absolute atomic E-state index is 0.150. The van der Waals surface area contributed by atoms with Crippen LogP contribution in [-0.4, -0.2) is 10.4 Å². The van der Waals surface area contributed by atoms with E-state index >= 15 is 0 Å². The van der Waals surface area contributed by atoms with Gasteiger partial charge >= 0.3 is 5.97 Å². The quantitative estimate of drug-likeness (QED) is 0.486. The molecule has 0 fully saturated rings. The van der Waals surface area contributed by atoms with Crippen molar-refractivity contribution in [2.75, 3.05) is 4.43 Å². The molecule has 0 unspecified atom stereocenters. The Morgan fingerprint density at radius 1 is 1.46 bits per heavy atom. The second-order valence-electron chi connectivity index (χ2n) is 2.68. The number of esters is 1. The van der Waals surface area contributed by atoms with E-state index in [-0.39, 0.29) is 12.1 Å². The average Bonchev–Trinajstić information content (AvgIpc) is 2.19. The summed E-state index contributed by atoms with van der Waals surface area (Å²) in [5.41, 5.74) is 1.03. The van der Waals surface area contributed by atoms with Crippen LogP contribution in [0, 0.1) is 0 Å². The van der Waals surface area contributed by atoms with E-state index in [0.29, 0.717) is 4.43 Å². The Hall–Kier alpha value is -0.580. The summed E-state index contributed by atoms with van der Waals surface area (Å²) in [6, 6.07) is 9.71. The molecule has 0 N–H and O–H groups in total. The molecule has 0 aliphatic heterocycles. The first kappa shape index (κ1) is 10.5. The first-order valence-corrected chi connectivity index (χ1v) is 5.57. The van der Waals surface area contributed by atoms with E-state index in [4.69, 9.17) is 4.74 Å². The van der Waals surface area contributed by atoms with Gasteiger partial charge in [-0.3, -0.25) is 4.79 Å². The first-order valence-electron chi connectivity index (χ1n) is 4.04. The highest BCUT2D eigenvalue weighted by molar-refractivity contribution is 14.1. The van der Waals surface area contributed by atoms with Crippen LogP contribution in [0.5, 0.6) is 0 Å². The summed E-state index contributed by atoms with van der Waals surface area (Å²) in [5.74, 6) is -0.169. The van der Waals surface area contributed by atoms with Crippen molar-refractivity contribution in [3.8, 4) is 0 Å². The molecule has 0 aliphatic rings. The zero-order valence-corrected chi connectivity index (χ0v) is 9.52. The van der Waals surface area contributed by atoms with E-state index in [0.717, 1.165) is 5.56 Å². The van der Waals surface area contributed by atoms with Gasteiger partial charge in [-0.1, -0.05) is 52.9 Å². The standard InChI is InChI=1S/C10H11IO2/c1-8(13-10(12)7-11)9-5-3-2-4-6-9/h2-6,8H,7H2,1H3/t8-/m1/s1. The zero-order chi connectivity index (χ0) is 9.68. The molecule has 0 aromatic heterocycles. The van der Waals surface area contributed by atoms with E-state index in [2.05, 4.69) is 0 Å². The molecular formula is C10H11IO2. The molecule has 1 atom stereocenters. The molecule has 13 heavy (non-hydrogen) atoms. The summed E-state index contributed by atoms with van der Waals surface area (Å²) in [4.78, 5) is 11.0. The van der Waals surface area contributed by atoms with Gasteiger partial charge in [-0.25, -0.2) is 0 Å². The molecule has 0 spiro atoms. The second-order valence-corrected chi connectivity index (χ2v) is 3.44. The van der Waals surface area contributed by atoms with Crippen LogP contribution in [0.25, 0.3) is 0 Å². The Balaban J connectivity index is 2.59. The van der Waals surface area contributed by atoms with Crippen molar-refractivity contribution in [2.45, 2.75) is 13.0 Å². The first-order chi connectivity index (χ1) is 6.24. The van der Waals surface area contributed by atoms with E-state index in [1.165, 1.54) is 0 Å². The lowest BCUT2D eigenvalue weighted by atomic mass is 10.1. The summed E-state index contributed by atoms with van der Waals surface area (Å²) in [5, 5.41) is 0. The zero-order valence-electron chi connectivity index (χ0n) is 7.37. The lowest BCUT2D eigenvalue weighted by Gasteiger charge is -2.11. The van der Waals surface area contributed by atoms with Crippen LogP contribution in [-0.2, 0) is 9.53 Å². The lowest BCUT2D eigenvalue weighted by Crippen LogP contribution is -2.09. The number of carbonyl (C=O) groups excluding carboxylic acids is 1. The van der Waals surface area contributed by atoms with Crippen molar-refractivity contribution in [3.05, 3.63) is 35.9 Å². The van der Waals surface area contributed by atoms with Crippen LogP contribution in [0.2, 0.25) is 0 Å². The number of hydrogen-bond donors (Lipinski definition) is 0. The monoisotopic (exact) mass is 290 g/mol. The maximum absolute atomic E-state index is 11.0. The number of carbonyl (C=O) groups is 1. The molecule has 0 heterocycles. The molecule has 70 valence electrons. The van der Waals surface area contributed by atoms with Crippen LogP contribution in [0.3, 0.4) is 0 Å². The molecule has 0 saturated heterocycles. The largest absolute Gasteiger partial charge is 0.457 e. The van der Waals surface area contributed by atoms with Gasteiger partial charge in [0, 0.05) is 0 Å². The predicted molar refractivity (Wildman–Crippen MR) is 59.8 cm³/mol. The van der Waals surface area contributed by atoms with Crippen LogP contribution in [0.4, 0.5) is 0 Å². The molecule has 0 aliphatic carbocycles. The third-order valence-electron chi connectivity index (χ3n) is 1.69. The Labute approximate surface area is 91.4 Å². The fourth-order valence-electron chi connectivity index (χ4n) is 1.02. The smallest absolute Gasteiger partial charge is 0.316 e. The molecule has 0 radical (unpaired) electrons. The molecule has 3 heteroatoms. The van der Waals surface area contributed by atoms with Gasteiger partial charge in [-0.05, 0) is 12.5 Å². The average molecular weight is 290 g/mol. The van der Waals surface area contributed by atoms with Gasteiger partial charge in [0.05, 0.1) is 4.43 Å². The van der Waals surface area contributed by atoms with Crippen LogP contribution < -0.4 is 0 Å². The Morgan fingerprint density at radius 3 is 2.62 bits per heavy atom.